The molecule has 0 aliphatic rings. The largest absolute Gasteiger partial charge is 0.439 e. The van der Waals surface area contributed by atoms with Crippen LogP contribution in [0.3, 0.4) is 0 Å². The number of benzene rings is 2. The smallest absolute Gasteiger partial charge is 0.227 e. The van der Waals surface area contributed by atoms with E-state index in [1.165, 1.54) is 12.1 Å². The van der Waals surface area contributed by atoms with Crippen molar-refractivity contribution in [2.45, 2.75) is 52.2 Å². The molecule has 6 nitrogen and oxygen atoms in total. The Morgan fingerprint density at radius 1 is 1.09 bits per heavy atom. The lowest BCUT2D eigenvalue weighted by atomic mass is 10.1. The number of nitrogens with zero attached hydrogens (tertiary/aromatic N) is 3. The third-order valence-electron chi connectivity index (χ3n) is 5.74. The molecule has 0 aliphatic carbocycles. The predicted molar refractivity (Wildman–Crippen MR) is 132 cm³/mol. The molecule has 1 aromatic heterocycles. The highest BCUT2D eigenvalue weighted by molar-refractivity contribution is 5.43. The molecule has 3 rings (SSSR count). The van der Waals surface area contributed by atoms with Gasteiger partial charge < -0.3 is 14.6 Å². The summed E-state index contributed by atoms with van der Waals surface area (Å²) in [6.07, 6.45) is 3.13. The zero-order valence-electron chi connectivity index (χ0n) is 20.4. The molecule has 184 valence electrons. The highest BCUT2D eigenvalue weighted by atomic mass is 19.1. The van der Waals surface area contributed by atoms with Gasteiger partial charge in [-0.1, -0.05) is 44.9 Å². The zero-order valence-corrected chi connectivity index (χ0v) is 20.4. The first kappa shape index (κ1) is 25.9. The lowest BCUT2D eigenvalue weighted by Gasteiger charge is -2.25. The molecular weight excluding hydrogens is 433 g/mol. The number of aromatic nitrogens is 2. The van der Waals surface area contributed by atoms with Gasteiger partial charge >= 0.3 is 0 Å². The highest BCUT2D eigenvalue weighted by Gasteiger charge is 2.23. The van der Waals surface area contributed by atoms with Crippen LogP contribution in [-0.4, -0.2) is 52.7 Å². The van der Waals surface area contributed by atoms with Crippen molar-refractivity contribution in [3.8, 4) is 17.3 Å². The van der Waals surface area contributed by atoms with Crippen molar-refractivity contribution in [2.24, 2.45) is 0 Å². The molecule has 0 fully saturated rings. The topological polar surface area (TPSA) is 59.8 Å². The first-order valence-electron chi connectivity index (χ1n) is 12.0. The summed E-state index contributed by atoms with van der Waals surface area (Å²) in [4.78, 5) is 2.19. The van der Waals surface area contributed by atoms with Crippen molar-refractivity contribution in [2.75, 3.05) is 26.8 Å². The predicted octanol–water partition coefficient (Wildman–Crippen LogP) is 5.37. The lowest BCUT2D eigenvalue weighted by Crippen LogP contribution is -2.34. The lowest BCUT2D eigenvalue weighted by molar-refractivity contribution is 0.0786. The second kappa shape index (κ2) is 13.2. The van der Waals surface area contributed by atoms with Crippen LogP contribution in [0, 0.1) is 5.82 Å². The molecule has 0 spiro atoms. The van der Waals surface area contributed by atoms with E-state index in [1.54, 1.807) is 23.9 Å². The Labute approximate surface area is 201 Å². The van der Waals surface area contributed by atoms with E-state index in [0.29, 0.717) is 37.9 Å². The average Bonchev–Trinajstić information content (AvgIpc) is 3.20. The number of aliphatic hydroxyl groups excluding tert-OH is 1. The second-order valence-corrected chi connectivity index (χ2v) is 8.41. The van der Waals surface area contributed by atoms with Gasteiger partial charge in [-0.25, -0.2) is 9.07 Å². The van der Waals surface area contributed by atoms with Gasteiger partial charge in [0.1, 0.15) is 11.6 Å². The van der Waals surface area contributed by atoms with E-state index in [0.717, 1.165) is 42.6 Å². The first-order chi connectivity index (χ1) is 16.5. The Morgan fingerprint density at radius 2 is 1.82 bits per heavy atom. The summed E-state index contributed by atoms with van der Waals surface area (Å²) >= 11 is 0. The number of para-hydroxylation sites is 1. The quantitative estimate of drug-likeness (QED) is 0.344. The molecule has 7 heteroatoms. The maximum atomic E-state index is 13.5. The van der Waals surface area contributed by atoms with E-state index in [-0.39, 0.29) is 5.82 Å². The van der Waals surface area contributed by atoms with Gasteiger partial charge in [0.2, 0.25) is 5.88 Å². The Hall–Kier alpha value is -2.74. The minimum Gasteiger partial charge on any atom is -0.439 e. The molecule has 3 aromatic rings. The average molecular weight is 470 g/mol. The molecule has 0 amide bonds. The van der Waals surface area contributed by atoms with Gasteiger partial charge in [-0.2, -0.15) is 5.10 Å². The van der Waals surface area contributed by atoms with E-state index in [4.69, 9.17) is 14.6 Å². The van der Waals surface area contributed by atoms with Gasteiger partial charge in [0.25, 0.3) is 0 Å². The van der Waals surface area contributed by atoms with E-state index < -0.39 is 6.10 Å². The van der Waals surface area contributed by atoms with Crippen molar-refractivity contribution in [1.82, 2.24) is 14.7 Å². The van der Waals surface area contributed by atoms with Crippen LogP contribution in [0.2, 0.25) is 0 Å². The third kappa shape index (κ3) is 7.13. The number of methoxy groups -OCH3 is 1. The van der Waals surface area contributed by atoms with Gasteiger partial charge in [0.05, 0.1) is 29.7 Å². The van der Waals surface area contributed by atoms with E-state index >= 15 is 0 Å². The summed E-state index contributed by atoms with van der Waals surface area (Å²) in [6.45, 7) is 6.52. The molecule has 34 heavy (non-hydrogen) atoms. The van der Waals surface area contributed by atoms with Crippen LogP contribution in [0.4, 0.5) is 4.39 Å². The molecule has 0 saturated carbocycles. The molecule has 2 aromatic carbocycles. The summed E-state index contributed by atoms with van der Waals surface area (Å²) < 4.78 is 26.9. The maximum absolute atomic E-state index is 13.5. The molecular formula is C27H36FN3O3. The number of halogens is 1. The van der Waals surface area contributed by atoms with Crippen LogP contribution < -0.4 is 4.74 Å². The minimum absolute atomic E-state index is 0.315. The maximum Gasteiger partial charge on any atom is 0.227 e. The number of hydrogen-bond donors (Lipinski definition) is 1. The van der Waals surface area contributed by atoms with E-state index in [2.05, 4.69) is 18.7 Å². The van der Waals surface area contributed by atoms with Gasteiger partial charge in [0.15, 0.2) is 0 Å². The summed E-state index contributed by atoms with van der Waals surface area (Å²) in [7, 11) is 1.68. The number of rotatable bonds is 14. The molecule has 0 saturated heterocycles. The highest BCUT2D eigenvalue weighted by Crippen LogP contribution is 2.32. The summed E-state index contributed by atoms with van der Waals surface area (Å²) in [5.74, 6) is 0.819. The van der Waals surface area contributed by atoms with Crippen LogP contribution in [-0.2, 0) is 17.7 Å². The molecule has 1 N–H and O–H groups in total. The number of ether oxygens (including phenoxy) is 2. The standard InChI is InChI=1S/C27H36FN3O3/c1-4-6-12-23(32)19-30(17-18-33-3)20-25-26(5-2)29-31(22-10-8-7-9-11-22)27(25)34-24-15-13-21(28)14-16-24/h7-11,13-16,23,32H,4-6,12,17-20H2,1-3H3/t23-/m1/s1. The van der Waals surface area contributed by atoms with Crippen LogP contribution in [0.25, 0.3) is 5.69 Å². The SMILES string of the molecule is CCCC[C@@H](O)CN(CCOC)Cc1c(CC)nn(-c2ccccc2)c1Oc1ccc(F)cc1. The summed E-state index contributed by atoms with van der Waals surface area (Å²) in [6, 6.07) is 15.8. The van der Waals surface area contributed by atoms with Crippen LogP contribution in [0.15, 0.2) is 54.6 Å². The minimum atomic E-state index is -0.410. The molecule has 1 atom stereocenters. The summed E-state index contributed by atoms with van der Waals surface area (Å²) in [5, 5.41) is 15.5. The van der Waals surface area contributed by atoms with Gasteiger partial charge in [-0.05, 0) is 49.2 Å². The fourth-order valence-electron chi connectivity index (χ4n) is 3.89. The van der Waals surface area contributed by atoms with Crippen molar-refractivity contribution >= 4 is 0 Å². The molecule has 0 bridgehead atoms. The van der Waals surface area contributed by atoms with Crippen molar-refractivity contribution in [1.29, 1.82) is 0 Å². The van der Waals surface area contributed by atoms with Crippen LogP contribution in [0.5, 0.6) is 11.6 Å². The van der Waals surface area contributed by atoms with Gasteiger partial charge in [0, 0.05) is 26.7 Å². The van der Waals surface area contributed by atoms with Crippen LogP contribution >= 0.6 is 0 Å². The van der Waals surface area contributed by atoms with Gasteiger partial charge in [-0.3, -0.25) is 4.90 Å². The Bertz CT molecular complexity index is 992. The number of hydrogen-bond acceptors (Lipinski definition) is 5. The second-order valence-electron chi connectivity index (χ2n) is 8.41. The monoisotopic (exact) mass is 469 g/mol. The van der Waals surface area contributed by atoms with Crippen molar-refractivity contribution in [3.05, 3.63) is 71.7 Å². The Morgan fingerprint density at radius 3 is 2.47 bits per heavy atom. The van der Waals surface area contributed by atoms with E-state index in [1.807, 2.05) is 30.3 Å². The molecule has 0 radical (unpaired) electrons. The fraction of sp³-hybridized carbons (Fsp3) is 0.444. The number of unbranched alkanes of at least 4 members (excludes halogenated alkanes) is 1. The Balaban J connectivity index is 1.98. The normalized spacial score (nSPS) is 12.3. The Kier molecular flexibility index (Phi) is 10.1. The molecule has 0 aliphatic heterocycles. The van der Waals surface area contributed by atoms with Crippen molar-refractivity contribution in [3.63, 3.8) is 0 Å². The van der Waals surface area contributed by atoms with E-state index in [9.17, 15) is 9.50 Å². The van der Waals surface area contributed by atoms with Crippen molar-refractivity contribution < 1.29 is 19.0 Å². The zero-order chi connectivity index (χ0) is 24.3. The fourth-order valence-corrected chi connectivity index (χ4v) is 3.89. The molecule has 0 unspecified atom stereocenters. The third-order valence-corrected chi connectivity index (χ3v) is 5.74. The van der Waals surface area contributed by atoms with Crippen LogP contribution in [0.1, 0.15) is 44.4 Å². The number of aliphatic hydroxyl groups is 1. The number of aryl methyl sites for hydroxylation is 1. The van der Waals surface area contributed by atoms with Gasteiger partial charge in [-0.15, -0.1) is 0 Å². The molecule has 1 heterocycles. The summed E-state index contributed by atoms with van der Waals surface area (Å²) in [5.41, 5.74) is 2.76. The first-order valence-corrected chi connectivity index (χ1v) is 12.0.